The van der Waals surface area contributed by atoms with Crippen LogP contribution in [0.1, 0.15) is 25.8 Å². The van der Waals surface area contributed by atoms with Crippen molar-refractivity contribution in [2.24, 2.45) is 0 Å². The molecule has 4 heteroatoms. The second-order valence-electron chi connectivity index (χ2n) is 5.71. The number of carbonyl (C=O) groups excluding carboxylic acids is 2. The largest absolute Gasteiger partial charge is 0.415 e. The highest BCUT2D eigenvalue weighted by Crippen LogP contribution is 2.31. The van der Waals surface area contributed by atoms with Gasteiger partial charge in [-0.25, -0.2) is 9.59 Å². The van der Waals surface area contributed by atoms with Crippen molar-refractivity contribution in [3.05, 3.63) is 78.4 Å². The standard InChI is InChI=1S/C20H20O4/c1-14(2)18(21)23-20(24-19(22)15(3)4)12-10-17(11-13-20)16-8-6-5-7-9-16/h5-12H,1,3,13H2,2,4H3. The van der Waals surface area contributed by atoms with Crippen molar-refractivity contribution in [1.82, 2.24) is 0 Å². The van der Waals surface area contributed by atoms with E-state index in [2.05, 4.69) is 13.2 Å². The summed E-state index contributed by atoms with van der Waals surface area (Å²) in [7, 11) is 0. The number of rotatable bonds is 5. The SMILES string of the molecule is C=C(C)C(=O)OC1(OC(=O)C(=C)C)C=CC(c2ccccc2)=CC1. The molecule has 0 saturated heterocycles. The van der Waals surface area contributed by atoms with E-state index in [0.29, 0.717) is 0 Å². The van der Waals surface area contributed by atoms with Gasteiger partial charge < -0.3 is 9.47 Å². The molecule has 0 N–H and O–H groups in total. The molecule has 1 aromatic carbocycles. The predicted molar refractivity (Wildman–Crippen MR) is 92.7 cm³/mol. The molecule has 0 aromatic heterocycles. The van der Waals surface area contributed by atoms with E-state index < -0.39 is 17.7 Å². The molecule has 0 atom stereocenters. The second-order valence-corrected chi connectivity index (χ2v) is 5.71. The van der Waals surface area contributed by atoms with E-state index in [1.807, 2.05) is 36.4 Å². The Morgan fingerprint density at radius 3 is 1.96 bits per heavy atom. The van der Waals surface area contributed by atoms with E-state index in [9.17, 15) is 9.59 Å². The van der Waals surface area contributed by atoms with E-state index in [0.717, 1.165) is 11.1 Å². The molecule has 0 saturated carbocycles. The predicted octanol–water partition coefficient (Wildman–Crippen LogP) is 3.96. The number of benzene rings is 1. The molecule has 124 valence electrons. The highest BCUT2D eigenvalue weighted by atomic mass is 16.7. The summed E-state index contributed by atoms with van der Waals surface area (Å²) in [6.07, 6.45) is 5.44. The van der Waals surface area contributed by atoms with Gasteiger partial charge in [-0.2, -0.15) is 0 Å². The van der Waals surface area contributed by atoms with Crippen molar-refractivity contribution < 1.29 is 19.1 Å². The average Bonchev–Trinajstić information content (AvgIpc) is 2.56. The molecule has 0 radical (unpaired) electrons. The van der Waals surface area contributed by atoms with E-state index >= 15 is 0 Å². The van der Waals surface area contributed by atoms with E-state index in [1.165, 1.54) is 13.8 Å². The van der Waals surface area contributed by atoms with Crippen LogP contribution in [0.25, 0.3) is 5.57 Å². The molecule has 0 unspecified atom stereocenters. The Labute approximate surface area is 141 Å². The van der Waals surface area contributed by atoms with Gasteiger partial charge in [0.15, 0.2) is 0 Å². The zero-order valence-electron chi connectivity index (χ0n) is 13.9. The van der Waals surface area contributed by atoms with Gasteiger partial charge in [0.1, 0.15) is 0 Å². The van der Waals surface area contributed by atoms with E-state index in [1.54, 1.807) is 12.2 Å². The lowest BCUT2D eigenvalue weighted by Crippen LogP contribution is -2.39. The number of esters is 2. The molecular formula is C20H20O4. The maximum absolute atomic E-state index is 11.9. The summed E-state index contributed by atoms with van der Waals surface area (Å²) < 4.78 is 10.8. The first-order valence-electron chi connectivity index (χ1n) is 7.55. The van der Waals surface area contributed by atoms with Gasteiger partial charge in [0.2, 0.25) is 0 Å². The van der Waals surface area contributed by atoms with Crippen LogP contribution >= 0.6 is 0 Å². The van der Waals surface area contributed by atoms with Gasteiger partial charge in [-0.3, -0.25) is 0 Å². The quantitative estimate of drug-likeness (QED) is 0.467. The number of hydrogen-bond donors (Lipinski definition) is 0. The lowest BCUT2D eigenvalue weighted by Gasteiger charge is -2.31. The highest BCUT2D eigenvalue weighted by Gasteiger charge is 2.37. The van der Waals surface area contributed by atoms with Crippen LogP contribution in [-0.2, 0) is 19.1 Å². The van der Waals surface area contributed by atoms with Gasteiger partial charge in [-0.15, -0.1) is 0 Å². The van der Waals surface area contributed by atoms with Crippen molar-refractivity contribution >= 4 is 17.5 Å². The first-order chi connectivity index (χ1) is 11.3. The number of allylic oxidation sites excluding steroid dienone is 2. The van der Waals surface area contributed by atoms with Gasteiger partial charge in [-0.05, 0) is 25.0 Å². The Morgan fingerprint density at radius 1 is 1.00 bits per heavy atom. The number of ether oxygens (including phenoxy) is 2. The van der Waals surface area contributed by atoms with Crippen LogP contribution in [0.4, 0.5) is 0 Å². The normalized spacial score (nSPS) is 15.2. The summed E-state index contributed by atoms with van der Waals surface area (Å²) >= 11 is 0. The summed E-state index contributed by atoms with van der Waals surface area (Å²) in [6.45, 7) is 10.2. The van der Waals surface area contributed by atoms with Gasteiger partial charge in [0, 0.05) is 23.6 Å². The minimum absolute atomic E-state index is 0.214. The van der Waals surface area contributed by atoms with Crippen molar-refractivity contribution in [1.29, 1.82) is 0 Å². The zero-order chi connectivity index (χ0) is 17.7. The van der Waals surface area contributed by atoms with Crippen LogP contribution in [0.15, 0.2) is 72.9 Å². The Hall–Kier alpha value is -2.88. The lowest BCUT2D eigenvalue weighted by atomic mass is 9.96. The Kier molecular flexibility index (Phi) is 5.19. The van der Waals surface area contributed by atoms with Crippen LogP contribution in [0.2, 0.25) is 0 Å². The number of carbonyl (C=O) groups is 2. The topological polar surface area (TPSA) is 52.6 Å². The van der Waals surface area contributed by atoms with Crippen LogP contribution < -0.4 is 0 Å². The molecule has 4 nitrogen and oxygen atoms in total. The van der Waals surface area contributed by atoms with Gasteiger partial charge in [0.25, 0.3) is 5.79 Å². The Morgan fingerprint density at radius 2 is 1.54 bits per heavy atom. The fourth-order valence-corrected chi connectivity index (χ4v) is 2.11. The Balaban J connectivity index is 2.26. The first kappa shape index (κ1) is 17.5. The summed E-state index contributed by atoms with van der Waals surface area (Å²) in [5.41, 5.74) is 2.45. The maximum atomic E-state index is 11.9. The van der Waals surface area contributed by atoms with Crippen molar-refractivity contribution in [3.8, 4) is 0 Å². The molecule has 24 heavy (non-hydrogen) atoms. The zero-order valence-corrected chi connectivity index (χ0v) is 13.9. The Bertz CT molecular complexity index is 710. The van der Waals surface area contributed by atoms with Crippen molar-refractivity contribution in [3.63, 3.8) is 0 Å². The van der Waals surface area contributed by atoms with Gasteiger partial charge in [0.05, 0.1) is 0 Å². The fraction of sp³-hybridized carbons (Fsp3) is 0.200. The minimum Gasteiger partial charge on any atom is -0.415 e. The molecule has 2 rings (SSSR count). The van der Waals surface area contributed by atoms with Crippen LogP contribution in [0.5, 0.6) is 0 Å². The third-order valence-corrected chi connectivity index (χ3v) is 3.46. The summed E-state index contributed by atoms with van der Waals surface area (Å²) in [5, 5.41) is 0. The van der Waals surface area contributed by atoms with Crippen molar-refractivity contribution in [2.45, 2.75) is 26.1 Å². The van der Waals surface area contributed by atoms with Gasteiger partial charge in [-0.1, -0.05) is 55.6 Å². The summed E-state index contributed by atoms with van der Waals surface area (Å²) in [4.78, 5) is 23.9. The van der Waals surface area contributed by atoms with E-state index in [-0.39, 0.29) is 17.6 Å². The molecule has 1 aliphatic rings. The summed E-state index contributed by atoms with van der Waals surface area (Å²) in [6, 6.07) is 9.76. The molecule has 0 heterocycles. The molecule has 0 aliphatic heterocycles. The third-order valence-electron chi connectivity index (χ3n) is 3.46. The minimum atomic E-state index is -1.48. The maximum Gasteiger partial charge on any atom is 0.336 e. The van der Waals surface area contributed by atoms with E-state index in [4.69, 9.17) is 9.47 Å². The molecular weight excluding hydrogens is 304 g/mol. The monoisotopic (exact) mass is 324 g/mol. The molecule has 0 bridgehead atoms. The molecule has 0 amide bonds. The van der Waals surface area contributed by atoms with Crippen LogP contribution in [0.3, 0.4) is 0 Å². The van der Waals surface area contributed by atoms with Crippen LogP contribution in [0, 0.1) is 0 Å². The summed E-state index contributed by atoms with van der Waals surface area (Å²) in [5.74, 6) is -2.72. The molecule has 1 aliphatic carbocycles. The van der Waals surface area contributed by atoms with Crippen LogP contribution in [-0.4, -0.2) is 17.7 Å². The molecule has 0 spiro atoms. The first-order valence-corrected chi connectivity index (χ1v) is 7.55. The fourth-order valence-electron chi connectivity index (χ4n) is 2.11. The highest BCUT2D eigenvalue weighted by molar-refractivity contribution is 5.89. The second kappa shape index (κ2) is 7.13. The lowest BCUT2D eigenvalue weighted by molar-refractivity contribution is -0.205. The molecule has 0 fully saturated rings. The number of hydrogen-bond acceptors (Lipinski definition) is 4. The third kappa shape index (κ3) is 4.10. The molecule has 1 aromatic rings. The smallest absolute Gasteiger partial charge is 0.336 e. The van der Waals surface area contributed by atoms with Gasteiger partial charge >= 0.3 is 11.9 Å². The van der Waals surface area contributed by atoms with Crippen molar-refractivity contribution in [2.75, 3.05) is 0 Å². The average molecular weight is 324 g/mol.